The van der Waals surface area contributed by atoms with Crippen LogP contribution >= 0.6 is 22.9 Å². The highest BCUT2D eigenvalue weighted by Gasteiger charge is 2.18. The van der Waals surface area contributed by atoms with Crippen LogP contribution in [0, 0.1) is 0 Å². The van der Waals surface area contributed by atoms with Crippen LogP contribution in [-0.4, -0.2) is 16.9 Å². The summed E-state index contributed by atoms with van der Waals surface area (Å²) in [4.78, 5) is 17.6. The SMILES string of the molecule is O=C(NC1CCCCC1)c1ccccc1NCc1cnc(Cl)s1. The zero-order valence-electron chi connectivity index (χ0n) is 12.8. The molecule has 0 saturated heterocycles. The zero-order valence-corrected chi connectivity index (χ0v) is 14.4. The van der Waals surface area contributed by atoms with E-state index in [1.54, 1.807) is 6.20 Å². The molecule has 6 heteroatoms. The van der Waals surface area contributed by atoms with Crippen molar-refractivity contribution in [3.63, 3.8) is 0 Å². The Kier molecular flexibility index (Phi) is 5.51. The molecular weight excluding hydrogens is 330 g/mol. The number of halogens is 1. The minimum absolute atomic E-state index is 0.00216. The molecule has 2 aromatic rings. The van der Waals surface area contributed by atoms with Crippen molar-refractivity contribution in [2.75, 3.05) is 5.32 Å². The molecule has 1 fully saturated rings. The predicted octanol–water partition coefficient (Wildman–Crippen LogP) is 4.47. The van der Waals surface area contributed by atoms with Crippen LogP contribution in [-0.2, 0) is 6.54 Å². The Hall–Kier alpha value is -1.59. The molecule has 0 unspecified atom stereocenters. The number of rotatable bonds is 5. The molecule has 0 aliphatic heterocycles. The number of aromatic nitrogens is 1. The van der Waals surface area contributed by atoms with Gasteiger partial charge in [-0.15, -0.1) is 11.3 Å². The van der Waals surface area contributed by atoms with Gasteiger partial charge in [0, 0.05) is 22.8 Å². The highest BCUT2D eigenvalue weighted by molar-refractivity contribution is 7.15. The number of anilines is 1. The average Bonchev–Trinajstić information content (AvgIpc) is 2.99. The van der Waals surface area contributed by atoms with Gasteiger partial charge in [-0.1, -0.05) is 43.0 Å². The van der Waals surface area contributed by atoms with Gasteiger partial charge >= 0.3 is 0 Å². The zero-order chi connectivity index (χ0) is 16.1. The van der Waals surface area contributed by atoms with Crippen molar-refractivity contribution in [1.82, 2.24) is 10.3 Å². The molecule has 2 N–H and O–H groups in total. The summed E-state index contributed by atoms with van der Waals surface area (Å²) in [5, 5.41) is 6.48. The Morgan fingerprint density at radius 1 is 1.26 bits per heavy atom. The third-order valence-electron chi connectivity index (χ3n) is 4.09. The predicted molar refractivity (Wildman–Crippen MR) is 95.2 cm³/mol. The fourth-order valence-electron chi connectivity index (χ4n) is 2.89. The van der Waals surface area contributed by atoms with Crippen LogP contribution in [0.15, 0.2) is 30.5 Å². The Bertz CT molecular complexity index is 667. The molecule has 4 nitrogen and oxygen atoms in total. The fourth-order valence-corrected chi connectivity index (χ4v) is 3.81. The van der Waals surface area contributed by atoms with E-state index in [1.807, 2.05) is 24.3 Å². The number of hydrogen-bond donors (Lipinski definition) is 2. The van der Waals surface area contributed by atoms with Gasteiger partial charge in [0.2, 0.25) is 0 Å². The molecule has 1 amide bonds. The van der Waals surface area contributed by atoms with E-state index < -0.39 is 0 Å². The minimum Gasteiger partial charge on any atom is -0.379 e. The van der Waals surface area contributed by atoms with Crippen molar-refractivity contribution in [1.29, 1.82) is 0 Å². The van der Waals surface area contributed by atoms with Crippen molar-refractivity contribution in [2.24, 2.45) is 0 Å². The highest BCUT2D eigenvalue weighted by atomic mass is 35.5. The van der Waals surface area contributed by atoms with Gasteiger partial charge in [0.15, 0.2) is 4.47 Å². The first-order valence-electron chi connectivity index (χ1n) is 7.96. The topological polar surface area (TPSA) is 54.0 Å². The molecule has 3 rings (SSSR count). The van der Waals surface area contributed by atoms with E-state index in [-0.39, 0.29) is 5.91 Å². The number of para-hydroxylation sites is 1. The summed E-state index contributed by atoms with van der Waals surface area (Å²) in [6.45, 7) is 0.609. The Labute approximate surface area is 145 Å². The fraction of sp³-hybridized carbons (Fsp3) is 0.412. The normalized spacial score (nSPS) is 15.3. The Balaban J connectivity index is 1.65. The molecule has 1 saturated carbocycles. The van der Waals surface area contributed by atoms with E-state index in [1.165, 1.54) is 30.6 Å². The molecule has 0 bridgehead atoms. The van der Waals surface area contributed by atoms with Crippen molar-refractivity contribution in [3.05, 3.63) is 45.4 Å². The molecular formula is C17H20ClN3OS. The van der Waals surface area contributed by atoms with Crippen molar-refractivity contribution in [3.8, 4) is 0 Å². The van der Waals surface area contributed by atoms with Gasteiger partial charge in [0.05, 0.1) is 12.1 Å². The van der Waals surface area contributed by atoms with Crippen molar-refractivity contribution >= 4 is 34.5 Å². The number of thiazole rings is 1. The van der Waals surface area contributed by atoms with Crippen LogP contribution in [0.4, 0.5) is 5.69 Å². The molecule has 1 aliphatic rings. The van der Waals surface area contributed by atoms with Gasteiger partial charge in [-0.05, 0) is 25.0 Å². The molecule has 1 aromatic heterocycles. The van der Waals surface area contributed by atoms with Gasteiger partial charge in [-0.25, -0.2) is 4.98 Å². The van der Waals surface area contributed by atoms with E-state index in [9.17, 15) is 4.79 Å². The van der Waals surface area contributed by atoms with Crippen LogP contribution in [0.3, 0.4) is 0 Å². The van der Waals surface area contributed by atoms with Crippen LogP contribution in [0.25, 0.3) is 0 Å². The quantitative estimate of drug-likeness (QED) is 0.837. The number of carbonyl (C=O) groups is 1. The van der Waals surface area contributed by atoms with Gasteiger partial charge < -0.3 is 10.6 Å². The first-order chi connectivity index (χ1) is 11.2. The minimum atomic E-state index is 0.00216. The Morgan fingerprint density at radius 3 is 2.78 bits per heavy atom. The number of benzene rings is 1. The molecule has 0 radical (unpaired) electrons. The van der Waals surface area contributed by atoms with E-state index in [0.29, 0.717) is 22.6 Å². The molecule has 1 aliphatic carbocycles. The monoisotopic (exact) mass is 349 g/mol. The van der Waals surface area contributed by atoms with E-state index >= 15 is 0 Å². The lowest BCUT2D eigenvalue weighted by Gasteiger charge is -2.23. The third kappa shape index (κ3) is 4.45. The van der Waals surface area contributed by atoms with Crippen molar-refractivity contribution < 1.29 is 4.79 Å². The number of hydrogen-bond acceptors (Lipinski definition) is 4. The maximum Gasteiger partial charge on any atom is 0.253 e. The third-order valence-corrected chi connectivity index (χ3v) is 5.21. The summed E-state index contributed by atoms with van der Waals surface area (Å²) in [5.41, 5.74) is 1.53. The van der Waals surface area contributed by atoms with Crippen LogP contribution in [0.1, 0.15) is 47.3 Å². The van der Waals surface area contributed by atoms with Gasteiger partial charge in [0.1, 0.15) is 0 Å². The average molecular weight is 350 g/mol. The first-order valence-corrected chi connectivity index (χ1v) is 9.16. The standard InChI is InChI=1S/C17H20ClN3OS/c18-17-20-11-13(23-17)10-19-15-9-5-4-8-14(15)16(22)21-12-6-2-1-3-7-12/h4-5,8-9,11-12,19H,1-3,6-7,10H2,(H,21,22). The van der Waals surface area contributed by atoms with Crippen LogP contribution in [0.2, 0.25) is 4.47 Å². The largest absolute Gasteiger partial charge is 0.379 e. The highest BCUT2D eigenvalue weighted by Crippen LogP contribution is 2.22. The van der Waals surface area contributed by atoms with Crippen molar-refractivity contribution in [2.45, 2.75) is 44.7 Å². The number of carbonyl (C=O) groups excluding carboxylic acids is 1. The first kappa shape index (κ1) is 16.3. The maximum atomic E-state index is 12.6. The summed E-state index contributed by atoms with van der Waals surface area (Å²) in [5.74, 6) is 0.00216. The second-order valence-electron chi connectivity index (χ2n) is 5.79. The summed E-state index contributed by atoms with van der Waals surface area (Å²) in [6, 6.07) is 7.92. The number of nitrogens with zero attached hydrogens (tertiary/aromatic N) is 1. The molecule has 0 spiro atoms. The molecule has 1 aromatic carbocycles. The van der Waals surface area contributed by atoms with Gasteiger partial charge in [-0.3, -0.25) is 4.79 Å². The molecule has 23 heavy (non-hydrogen) atoms. The summed E-state index contributed by atoms with van der Waals surface area (Å²) >= 11 is 7.29. The second-order valence-corrected chi connectivity index (χ2v) is 7.48. The van der Waals surface area contributed by atoms with Gasteiger partial charge in [0.25, 0.3) is 5.91 Å². The molecule has 1 heterocycles. The van der Waals surface area contributed by atoms with E-state index in [4.69, 9.17) is 11.6 Å². The van der Waals surface area contributed by atoms with E-state index in [2.05, 4.69) is 15.6 Å². The van der Waals surface area contributed by atoms with Gasteiger partial charge in [-0.2, -0.15) is 0 Å². The molecule has 122 valence electrons. The lowest BCUT2D eigenvalue weighted by atomic mass is 9.95. The smallest absolute Gasteiger partial charge is 0.253 e. The maximum absolute atomic E-state index is 12.6. The lowest BCUT2D eigenvalue weighted by Crippen LogP contribution is -2.36. The van der Waals surface area contributed by atoms with E-state index in [0.717, 1.165) is 23.4 Å². The number of nitrogens with one attached hydrogen (secondary N) is 2. The summed E-state index contributed by atoms with van der Waals surface area (Å²) in [6.07, 6.45) is 7.61. The van der Waals surface area contributed by atoms with Crippen LogP contribution < -0.4 is 10.6 Å². The summed E-state index contributed by atoms with van der Waals surface area (Å²) < 4.78 is 0.533. The molecule has 0 atom stereocenters. The summed E-state index contributed by atoms with van der Waals surface area (Å²) in [7, 11) is 0. The lowest BCUT2D eigenvalue weighted by molar-refractivity contribution is 0.0928. The Morgan fingerprint density at radius 2 is 2.04 bits per heavy atom. The second kappa shape index (κ2) is 7.79. The number of amides is 1. The van der Waals surface area contributed by atoms with Crippen LogP contribution in [0.5, 0.6) is 0 Å².